The Balaban J connectivity index is 2.55. The van der Waals surface area contributed by atoms with Gasteiger partial charge in [0.2, 0.25) is 0 Å². The van der Waals surface area contributed by atoms with E-state index >= 15 is 0 Å². The lowest BCUT2D eigenvalue weighted by Crippen LogP contribution is -2.59. The highest BCUT2D eigenvalue weighted by molar-refractivity contribution is 5.75. The van der Waals surface area contributed by atoms with Gasteiger partial charge in [-0.3, -0.25) is 4.79 Å². The van der Waals surface area contributed by atoms with Gasteiger partial charge in [0.05, 0.1) is 20.3 Å². The first-order valence-electron chi connectivity index (χ1n) is 5.67. The Labute approximate surface area is 109 Å². The van der Waals surface area contributed by atoms with Crippen molar-refractivity contribution < 1.29 is 39.4 Å². The molecule has 0 aromatic rings. The minimum atomic E-state index is -1.54. The lowest BCUT2D eigenvalue weighted by molar-refractivity contribution is -0.301. The molecule has 0 radical (unpaired) electrons. The van der Waals surface area contributed by atoms with Gasteiger partial charge in [-0.05, 0) is 0 Å². The lowest BCUT2D eigenvalue weighted by Gasteiger charge is -2.39. The fourth-order valence-corrected chi connectivity index (χ4v) is 1.62. The van der Waals surface area contributed by atoms with E-state index in [2.05, 4.69) is 4.74 Å². The highest BCUT2D eigenvalue weighted by Gasteiger charge is 2.44. The van der Waals surface area contributed by atoms with Gasteiger partial charge >= 0.3 is 5.97 Å². The average molecular weight is 281 g/mol. The van der Waals surface area contributed by atoms with Crippen molar-refractivity contribution in [1.29, 1.82) is 0 Å². The molecule has 6 N–H and O–H groups in total. The molecule has 0 bridgehead atoms. The quantitative estimate of drug-likeness (QED) is 0.320. The monoisotopic (exact) mass is 281 g/mol. The normalized spacial score (nSPS) is 36.8. The van der Waals surface area contributed by atoms with E-state index in [1.807, 2.05) is 0 Å². The molecule has 9 nitrogen and oxygen atoms in total. The molecule has 1 aliphatic heterocycles. The summed E-state index contributed by atoms with van der Waals surface area (Å²) in [7, 11) is 1.16. The Hall–Kier alpha value is -0.810. The summed E-state index contributed by atoms with van der Waals surface area (Å²) in [6, 6.07) is -1.07. The second-order valence-electron chi connectivity index (χ2n) is 4.16. The molecule has 1 heterocycles. The van der Waals surface area contributed by atoms with Crippen LogP contribution >= 0.6 is 0 Å². The predicted octanol–water partition coefficient (Wildman–Crippen LogP) is -3.70. The molecule has 0 unspecified atom stereocenters. The van der Waals surface area contributed by atoms with Crippen molar-refractivity contribution in [2.75, 3.05) is 20.3 Å². The van der Waals surface area contributed by atoms with Crippen molar-refractivity contribution in [3.05, 3.63) is 0 Å². The molecule has 0 aromatic carbocycles. The zero-order valence-electron chi connectivity index (χ0n) is 10.4. The van der Waals surface area contributed by atoms with E-state index in [-0.39, 0.29) is 6.61 Å². The molecular weight excluding hydrogens is 262 g/mol. The van der Waals surface area contributed by atoms with E-state index in [1.165, 1.54) is 0 Å². The summed E-state index contributed by atoms with van der Waals surface area (Å²) in [5, 5.41) is 37.6. The van der Waals surface area contributed by atoms with Crippen LogP contribution in [-0.4, -0.2) is 83.5 Å². The number of carbonyl (C=O) groups excluding carboxylic acids is 1. The van der Waals surface area contributed by atoms with E-state index in [9.17, 15) is 20.1 Å². The Morgan fingerprint density at radius 2 is 1.95 bits per heavy atom. The molecule has 19 heavy (non-hydrogen) atoms. The van der Waals surface area contributed by atoms with Gasteiger partial charge in [0.15, 0.2) is 6.29 Å². The summed E-state index contributed by atoms with van der Waals surface area (Å²) in [5.74, 6) is -0.704. The molecule has 1 fully saturated rings. The summed E-state index contributed by atoms with van der Waals surface area (Å²) in [4.78, 5) is 11.0. The second kappa shape index (κ2) is 7.10. The number of aliphatic hydroxyl groups is 4. The van der Waals surface area contributed by atoms with Gasteiger partial charge in [0.1, 0.15) is 30.5 Å². The van der Waals surface area contributed by atoms with E-state index in [1.54, 1.807) is 0 Å². The van der Waals surface area contributed by atoms with Gasteiger partial charge < -0.3 is 40.4 Å². The molecular formula is C10H19NO8. The minimum absolute atomic E-state index is 0.310. The maximum absolute atomic E-state index is 11.0. The number of hydrogen-bond donors (Lipinski definition) is 5. The largest absolute Gasteiger partial charge is 0.468 e. The van der Waals surface area contributed by atoms with E-state index in [4.69, 9.17) is 20.3 Å². The number of nitrogens with two attached hydrogens (primary N) is 1. The number of hydrogen-bond acceptors (Lipinski definition) is 9. The zero-order valence-corrected chi connectivity index (χ0v) is 10.4. The van der Waals surface area contributed by atoms with Gasteiger partial charge in [-0.1, -0.05) is 0 Å². The fourth-order valence-electron chi connectivity index (χ4n) is 1.62. The zero-order chi connectivity index (χ0) is 14.6. The first-order chi connectivity index (χ1) is 8.92. The molecule has 1 rings (SSSR count). The van der Waals surface area contributed by atoms with E-state index in [0.717, 1.165) is 7.11 Å². The molecule has 1 aliphatic rings. The van der Waals surface area contributed by atoms with Gasteiger partial charge in [-0.25, -0.2) is 0 Å². The molecule has 112 valence electrons. The summed E-state index contributed by atoms with van der Waals surface area (Å²) in [6.45, 7) is -0.872. The Bertz CT molecular complexity index is 299. The number of ether oxygens (including phenoxy) is 3. The Morgan fingerprint density at radius 1 is 1.32 bits per heavy atom. The highest BCUT2D eigenvalue weighted by atomic mass is 16.7. The van der Waals surface area contributed by atoms with Crippen molar-refractivity contribution in [2.24, 2.45) is 5.73 Å². The third-order valence-electron chi connectivity index (χ3n) is 2.79. The standard InChI is InChI=1S/C10H19NO8/c1-17-9(16)4(11)3-18-10-8(15)7(14)6(13)5(2-12)19-10/h4-8,10,12-15H,2-3,11H2,1H3/t4-,5+,6+,7-,8+,10-/m0/s1. The van der Waals surface area contributed by atoms with Crippen molar-refractivity contribution >= 4 is 5.97 Å². The van der Waals surface area contributed by atoms with E-state index in [0.29, 0.717) is 0 Å². The van der Waals surface area contributed by atoms with Crippen LogP contribution in [0.3, 0.4) is 0 Å². The van der Waals surface area contributed by atoms with Crippen LogP contribution in [0, 0.1) is 0 Å². The second-order valence-corrected chi connectivity index (χ2v) is 4.16. The maximum Gasteiger partial charge on any atom is 0.325 e. The number of carbonyl (C=O) groups is 1. The van der Waals surface area contributed by atoms with Crippen LogP contribution in [0.1, 0.15) is 0 Å². The molecule has 0 aliphatic carbocycles. The summed E-state index contributed by atoms with van der Waals surface area (Å²) < 4.78 is 14.5. The van der Waals surface area contributed by atoms with Gasteiger partial charge in [0.25, 0.3) is 0 Å². The molecule has 0 aromatic heterocycles. The van der Waals surface area contributed by atoms with E-state index < -0.39 is 49.3 Å². The van der Waals surface area contributed by atoms with Crippen LogP contribution in [0.2, 0.25) is 0 Å². The first kappa shape index (κ1) is 16.2. The third-order valence-corrected chi connectivity index (χ3v) is 2.79. The van der Waals surface area contributed by atoms with Crippen molar-refractivity contribution in [3.63, 3.8) is 0 Å². The van der Waals surface area contributed by atoms with Crippen LogP contribution in [0.4, 0.5) is 0 Å². The van der Waals surface area contributed by atoms with Gasteiger partial charge in [-0.15, -0.1) is 0 Å². The lowest BCUT2D eigenvalue weighted by atomic mass is 9.99. The van der Waals surface area contributed by atoms with Crippen LogP contribution in [0.25, 0.3) is 0 Å². The van der Waals surface area contributed by atoms with Crippen LogP contribution in [-0.2, 0) is 19.0 Å². The Kier molecular flexibility index (Phi) is 6.07. The molecule has 0 spiro atoms. The SMILES string of the molecule is COC(=O)[C@@H](N)CO[C@H]1O[C@H](CO)[C@@H](O)[C@H](O)[C@H]1O. The summed E-state index contributed by atoms with van der Waals surface area (Å²) in [6.07, 6.45) is -6.91. The van der Waals surface area contributed by atoms with Crippen LogP contribution in [0.5, 0.6) is 0 Å². The molecule has 6 atom stereocenters. The Morgan fingerprint density at radius 3 is 2.47 bits per heavy atom. The third kappa shape index (κ3) is 3.83. The highest BCUT2D eigenvalue weighted by Crippen LogP contribution is 2.21. The first-order valence-corrected chi connectivity index (χ1v) is 5.67. The number of rotatable bonds is 5. The van der Waals surface area contributed by atoms with Crippen molar-refractivity contribution in [1.82, 2.24) is 0 Å². The van der Waals surface area contributed by atoms with Crippen LogP contribution in [0.15, 0.2) is 0 Å². The molecule has 0 amide bonds. The van der Waals surface area contributed by atoms with Crippen molar-refractivity contribution in [2.45, 2.75) is 36.7 Å². The number of aliphatic hydroxyl groups excluding tert-OH is 4. The molecule has 9 heteroatoms. The average Bonchev–Trinajstić information content (AvgIpc) is 2.42. The van der Waals surface area contributed by atoms with Gasteiger partial charge in [0, 0.05) is 0 Å². The maximum atomic E-state index is 11.0. The molecule has 0 saturated carbocycles. The minimum Gasteiger partial charge on any atom is -0.468 e. The van der Waals surface area contributed by atoms with Gasteiger partial charge in [-0.2, -0.15) is 0 Å². The van der Waals surface area contributed by atoms with Crippen LogP contribution < -0.4 is 5.73 Å². The fraction of sp³-hybridized carbons (Fsp3) is 0.900. The predicted molar refractivity (Wildman–Crippen MR) is 59.7 cm³/mol. The number of esters is 1. The summed E-state index contributed by atoms with van der Waals surface area (Å²) in [5.41, 5.74) is 5.42. The topological polar surface area (TPSA) is 152 Å². The summed E-state index contributed by atoms with van der Waals surface area (Å²) >= 11 is 0. The smallest absolute Gasteiger partial charge is 0.325 e. The molecule has 1 saturated heterocycles. The number of methoxy groups -OCH3 is 1. The van der Waals surface area contributed by atoms with Crippen molar-refractivity contribution in [3.8, 4) is 0 Å².